The van der Waals surface area contributed by atoms with Gasteiger partial charge in [0.25, 0.3) is 0 Å². The summed E-state index contributed by atoms with van der Waals surface area (Å²) < 4.78 is 5.52. The van der Waals surface area contributed by atoms with Crippen molar-refractivity contribution in [2.45, 2.75) is 0 Å². The molecule has 152 valence electrons. The average Bonchev–Trinajstić information content (AvgIpc) is 2.80. The molecule has 1 heterocycles. The first kappa shape index (κ1) is 20.6. The molecule has 0 amide bonds. The Kier molecular flexibility index (Phi) is 6.80. The molecule has 0 bridgehead atoms. The Morgan fingerprint density at radius 3 is 1.90 bits per heavy atom. The van der Waals surface area contributed by atoms with Gasteiger partial charge >= 0.3 is 0 Å². The van der Waals surface area contributed by atoms with E-state index in [9.17, 15) is 0 Å². The molecule has 0 radical (unpaired) electrons. The zero-order chi connectivity index (χ0) is 20.8. The minimum Gasteiger partial charge on any atom is -0.378 e. The van der Waals surface area contributed by atoms with Crippen LogP contribution in [0.25, 0.3) is 5.57 Å². The molecule has 4 rings (SSSR count). The van der Waals surface area contributed by atoms with E-state index in [0.29, 0.717) is 5.02 Å². The van der Waals surface area contributed by atoms with Gasteiger partial charge < -0.3 is 14.5 Å². The number of nitrogens with zero attached hydrogens (tertiary/aromatic N) is 2. The maximum Gasteiger partial charge on any atom is 0.120 e. The van der Waals surface area contributed by atoms with Gasteiger partial charge in [0.2, 0.25) is 0 Å². The molecule has 0 aliphatic carbocycles. The van der Waals surface area contributed by atoms with E-state index in [0.717, 1.165) is 53.8 Å². The second-order valence-corrected chi connectivity index (χ2v) is 7.83. The lowest BCUT2D eigenvalue weighted by Gasteiger charge is -2.30. The van der Waals surface area contributed by atoms with E-state index in [1.165, 1.54) is 0 Å². The standard InChI is InChI=1S/C25H23ClN2OS/c26-21-13-11-20(12-14-21)24(19-27-15-17-29-18-16-27)25(30)28(22-7-3-1-4-8-22)23-9-5-2-6-10-23/h1-14,19H,15-18H2/b24-19+. The Balaban J connectivity index is 1.79. The van der Waals surface area contributed by atoms with Crippen molar-refractivity contribution in [2.75, 3.05) is 31.2 Å². The lowest BCUT2D eigenvalue weighted by molar-refractivity contribution is 0.0597. The fourth-order valence-electron chi connectivity index (χ4n) is 3.43. The number of para-hydroxylation sites is 2. The molecular formula is C25H23ClN2OS. The molecule has 30 heavy (non-hydrogen) atoms. The SMILES string of the molecule is S=C(/C(=C/N1CCOCC1)c1ccc(Cl)cc1)N(c1ccccc1)c1ccccc1. The van der Waals surface area contributed by atoms with Crippen LogP contribution in [-0.4, -0.2) is 36.2 Å². The van der Waals surface area contributed by atoms with Crippen molar-refractivity contribution >= 4 is 45.8 Å². The van der Waals surface area contributed by atoms with Crippen LogP contribution in [0.2, 0.25) is 5.02 Å². The van der Waals surface area contributed by atoms with Crippen LogP contribution < -0.4 is 4.90 Å². The summed E-state index contributed by atoms with van der Waals surface area (Å²) in [6.45, 7) is 3.13. The molecular weight excluding hydrogens is 412 g/mol. The first-order valence-electron chi connectivity index (χ1n) is 9.96. The molecule has 3 aromatic rings. The summed E-state index contributed by atoms with van der Waals surface area (Å²) in [5.41, 5.74) is 4.06. The molecule has 5 heteroatoms. The normalized spacial score (nSPS) is 14.4. The second-order valence-electron chi connectivity index (χ2n) is 7.01. The first-order valence-corrected chi connectivity index (χ1v) is 10.7. The summed E-state index contributed by atoms with van der Waals surface area (Å²) in [5.74, 6) is 0. The summed E-state index contributed by atoms with van der Waals surface area (Å²) in [4.78, 5) is 5.13. The van der Waals surface area contributed by atoms with Gasteiger partial charge in [-0.15, -0.1) is 0 Å². The summed E-state index contributed by atoms with van der Waals surface area (Å²) in [5, 5.41) is 0.707. The van der Waals surface area contributed by atoms with E-state index in [1.807, 2.05) is 60.7 Å². The van der Waals surface area contributed by atoms with Crippen LogP contribution in [-0.2, 0) is 4.74 Å². The first-order chi connectivity index (χ1) is 14.7. The monoisotopic (exact) mass is 434 g/mol. The molecule has 1 fully saturated rings. The third-order valence-electron chi connectivity index (χ3n) is 4.97. The van der Waals surface area contributed by atoms with Crippen molar-refractivity contribution in [1.82, 2.24) is 4.90 Å². The van der Waals surface area contributed by atoms with Crippen molar-refractivity contribution in [3.8, 4) is 0 Å². The van der Waals surface area contributed by atoms with Gasteiger partial charge in [-0.05, 0) is 42.0 Å². The van der Waals surface area contributed by atoms with Crippen molar-refractivity contribution < 1.29 is 4.74 Å². The summed E-state index contributed by atoms with van der Waals surface area (Å²) in [6.07, 6.45) is 2.16. The molecule has 1 aliphatic rings. The van der Waals surface area contributed by atoms with Gasteiger partial charge in [-0.1, -0.05) is 72.3 Å². The van der Waals surface area contributed by atoms with E-state index in [4.69, 9.17) is 28.6 Å². The number of ether oxygens (including phenoxy) is 1. The molecule has 3 aromatic carbocycles. The van der Waals surface area contributed by atoms with Gasteiger partial charge in [0.1, 0.15) is 4.99 Å². The molecule has 1 saturated heterocycles. The van der Waals surface area contributed by atoms with Crippen LogP contribution in [0.15, 0.2) is 91.1 Å². The number of halogens is 1. The van der Waals surface area contributed by atoms with Crippen molar-refractivity contribution in [2.24, 2.45) is 0 Å². The highest BCUT2D eigenvalue weighted by atomic mass is 35.5. The Labute approximate surface area is 188 Å². The van der Waals surface area contributed by atoms with E-state index in [2.05, 4.69) is 40.3 Å². The zero-order valence-corrected chi connectivity index (χ0v) is 18.1. The van der Waals surface area contributed by atoms with Gasteiger partial charge in [-0.3, -0.25) is 0 Å². The maximum atomic E-state index is 6.15. The quantitative estimate of drug-likeness (QED) is 0.352. The molecule has 0 aromatic heterocycles. The minimum atomic E-state index is 0.707. The smallest absolute Gasteiger partial charge is 0.120 e. The Hall–Kier alpha value is -2.66. The fourth-order valence-corrected chi connectivity index (χ4v) is 3.94. The number of morpholine rings is 1. The topological polar surface area (TPSA) is 15.7 Å². The van der Waals surface area contributed by atoms with Crippen LogP contribution >= 0.6 is 23.8 Å². The molecule has 0 atom stereocenters. The van der Waals surface area contributed by atoms with E-state index in [-0.39, 0.29) is 0 Å². The molecule has 3 nitrogen and oxygen atoms in total. The fraction of sp³-hybridized carbons (Fsp3) is 0.160. The minimum absolute atomic E-state index is 0.707. The Bertz CT molecular complexity index is 961. The molecule has 1 aliphatic heterocycles. The Morgan fingerprint density at radius 2 is 1.37 bits per heavy atom. The number of rotatable bonds is 5. The molecule has 0 N–H and O–H groups in total. The molecule has 0 saturated carbocycles. The summed E-state index contributed by atoms with van der Waals surface area (Å²) in [6, 6.07) is 28.3. The lowest BCUT2D eigenvalue weighted by atomic mass is 10.0. The zero-order valence-electron chi connectivity index (χ0n) is 16.6. The van der Waals surface area contributed by atoms with Crippen LogP contribution in [0.5, 0.6) is 0 Å². The van der Waals surface area contributed by atoms with Gasteiger partial charge in [0.05, 0.1) is 13.2 Å². The number of benzene rings is 3. The third-order valence-corrected chi connectivity index (χ3v) is 5.63. The van der Waals surface area contributed by atoms with E-state index >= 15 is 0 Å². The lowest BCUT2D eigenvalue weighted by Crippen LogP contribution is -2.33. The van der Waals surface area contributed by atoms with Crippen LogP contribution in [0, 0.1) is 0 Å². The summed E-state index contributed by atoms with van der Waals surface area (Å²) in [7, 11) is 0. The van der Waals surface area contributed by atoms with Crippen molar-refractivity contribution in [3.63, 3.8) is 0 Å². The van der Waals surface area contributed by atoms with Crippen LogP contribution in [0.3, 0.4) is 0 Å². The van der Waals surface area contributed by atoms with Crippen molar-refractivity contribution in [3.05, 3.63) is 102 Å². The number of anilines is 2. The van der Waals surface area contributed by atoms with Gasteiger partial charge in [0, 0.05) is 41.3 Å². The van der Waals surface area contributed by atoms with Crippen LogP contribution in [0.1, 0.15) is 5.56 Å². The van der Waals surface area contributed by atoms with E-state index in [1.54, 1.807) is 0 Å². The van der Waals surface area contributed by atoms with Gasteiger partial charge in [-0.25, -0.2) is 0 Å². The van der Waals surface area contributed by atoms with E-state index < -0.39 is 0 Å². The highest BCUT2D eigenvalue weighted by Gasteiger charge is 2.21. The van der Waals surface area contributed by atoms with Gasteiger partial charge in [0.15, 0.2) is 0 Å². The molecule has 0 unspecified atom stereocenters. The van der Waals surface area contributed by atoms with Gasteiger partial charge in [-0.2, -0.15) is 0 Å². The van der Waals surface area contributed by atoms with Crippen LogP contribution in [0.4, 0.5) is 11.4 Å². The number of thiocarbonyl (C=S) groups is 1. The highest BCUT2D eigenvalue weighted by molar-refractivity contribution is 7.81. The molecule has 0 spiro atoms. The predicted molar refractivity (Wildman–Crippen MR) is 129 cm³/mol. The maximum absolute atomic E-state index is 6.15. The highest BCUT2D eigenvalue weighted by Crippen LogP contribution is 2.31. The second kappa shape index (κ2) is 9.90. The largest absolute Gasteiger partial charge is 0.378 e. The summed E-state index contributed by atoms with van der Waals surface area (Å²) >= 11 is 12.3. The third kappa shape index (κ3) is 4.90. The number of hydrogen-bond donors (Lipinski definition) is 0. The number of hydrogen-bond acceptors (Lipinski definition) is 3. The predicted octanol–water partition coefficient (Wildman–Crippen LogP) is 6.18. The van der Waals surface area contributed by atoms with Crippen molar-refractivity contribution in [1.29, 1.82) is 0 Å². The average molecular weight is 435 g/mol. The Morgan fingerprint density at radius 1 is 0.833 bits per heavy atom.